The zero-order chi connectivity index (χ0) is 15.0. The second-order valence-electron chi connectivity index (χ2n) is 4.91. The third kappa shape index (κ3) is 2.60. The highest BCUT2D eigenvalue weighted by molar-refractivity contribution is 5.78. The maximum absolute atomic E-state index is 13.3. The van der Waals surface area contributed by atoms with Crippen LogP contribution in [0.2, 0.25) is 0 Å². The quantitative estimate of drug-likeness (QED) is 0.598. The standard InChI is InChI=1S/C15H14FN3O2/c1-8(11-6-9(16)2-5-14(11)20)17-10-3-4-12-13(7-10)19-15(21)18-12/h2-8,17,20H,1H3,(H2,18,19,21). The number of anilines is 1. The van der Waals surface area contributed by atoms with Crippen LogP contribution >= 0.6 is 0 Å². The van der Waals surface area contributed by atoms with E-state index in [9.17, 15) is 14.3 Å². The number of phenols is 1. The Kier molecular flexibility index (Phi) is 3.13. The lowest BCUT2D eigenvalue weighted by Gasteiger charge is -2.17. The normalized spacial score (nSPS) is 12.5. The molecule has 1 aromatic heterocycles. The van der Waals surface area contributed by atoms with Gasteiger partial charge in [-0.15, -0.1) is 0 Å². The number of aromatic amines is 2. The lowest BCUT2D eigenvalue weighted by Crippen LogP contribution is -2.07. The van der Waals surface area contributed by atoms with Crippen molar-refractivity contribution in [2.45, 2.75) is 13.0 Å². The van der Waals surface area contributed by atoms with Crippen LogP contribution in [0.5, 0.6) is 5.75 Å². The Morgan fingerprint density at radius 2 is 1.90 bits per heavy atom. The molecule has 0 saturated carbocycles. The van der Waals surface area contributed by atoms with Gasteiger partial charge in [-0.1, -0.05) is 0 Å². The highest BCUT2D eigenvalue weighted by Crippen LogP contribution is 2.28. The van der Waals surface area contributed by atoms with Gasteiger partial charge in [-0.05, 0) is 43.3 Å². The second kappa shape index (κ2) is 4.97. The van der Waals surface area contributed by atoms with Crippen LogP contribution in [0.4, 0.5) is 10.1 Å². The van der Waals surface area contributed by atoms with Gasteiger partial charge in [-0.25, -0.2) is 9.18 Å². The number of hydrogen-bond acceptors (Lipinski definition) is 3. The molecule has 0 fully saturated rings. The monoisotopic (exact) mass is 287 g/mol. The van der Waals surface area contributed by atoms with Crippen molar-refractivity contribution in [3.63, 3.8) is 0 Å². The van der Waals surface area contributed by atoms with Crippen molar-refractivity contribution in [2.24, 2.45) is 0 Å². The number of hydrogen-bond donors (Lipinski definition) is 4. The van der Waals surface area contributed by atoms with Crippen molar-refractivity contribution in [2.75, 3.05) is 5.32 Å². The molecular formula is C15H14FN3O2. The minimum absolute atomic E-state index is 0.0347. The Bertz CT molecular complexity index is 853. The average Bonchev–Trinajstić information content (AvgIpc) is 2.80. The summed E-state index contributed by atoms with van der Waals surface area (Å²) in [5.74, 6) is -0.366. The molecule has 1 atom stereocenters. The van der Waals surface area contributed by atoms with Gasteiger partial charge >= 0.3 is 5.69 Å². The summed E-state index contributed by atoms with van der Waals surface area (Å²) >= 11 is 0. The van der Waals surface area contributed by atoms with Crippen LogP contribution in [0, 0.1) is 5.82 Å². The molecule has 108 valence electrons. The molecule has 6 heteroatoms. The van der Waals surface area contributed by atoms with Gasteiger partial charge in [0.2, 0.25) is 0 Å². The number of imidazole rings is 1. The van der Waals surface area contributed by atoms with Gasteiger partial charge in [-0.2, -0.15) is 0 Å². The van der Waals surface area contributed by atoms with E-state index in [-0.39, 0.29) is 17.5 Å². The zero-order valence-corrected chi connectivity index (χ0v) is 11.3. The fraction of sp³-hybridized carbons (Fsp3) is 0.133. The number of fused-ring (bicyclic) bond motifs is 1. The van der Waals surface area contributed by atoms with Crippen LogP contribution in [0.15, 0.2) is 41.2 Å². The summed E-state index contributed by atoms with van der Waals surface area (Å²) in [5.41, 5.74) is 2.36. The number of rotatable bonds is 3. The van der Waals surface area contributed by atoms with E-state index in [1.165, 1.54) is 18.2 Å². The summed E-state index contributed by atoms with van der Waals surface area (Å²) in [6.07, 6.45) is 0. The van der Waals surface area contributed by atoms with Crippen molar-refractivity contribution < 1.29 is 9.50 Å². The highest BCUT2D eigenvalue weighted by Gasteiger charge is 2.12. The fourth-order valence-electron chi connectivity index (χ4n) is 2.32. The molecule has 1 unspecified atom stereocenters. The van der Waals surface area contributed by atoms with Crippen LogP contribution in [0.25, 0.3) is 11.0 Å². The number of halogens is 1. The van der Waals surface area contributed by atoms with E-state index in [0.717, 1.165) is 5.69 Å². The molecule has 21 heavy (non-hydrogen) atoms. The predicted octanol–water partition coefficient (Wildman–Crippen LogP) is 2.87. The van der Waals surface area contributed by atoms with Crippen LogP contribution in [0.1, 0.15) is 18.5 Å². The Hall–Kier alpha value is -2.76. The van der Waals surface area contributed by atoms with Crippen LogP contribution in [0.3, 0.4) is 0 Å². The fourth-order valence-corrected chi connectivity index (χ4v) is 2.32. The molecule has 4 N–H and O–H groups in total. The molecule has 2 aromatic carbocycles. The van der Waals surface area contributed by atoms with Crippen LogP contribution in [-0.2, 0) is 0 Å². The third-order valence-electron chi connectivity index (χ3n) is 3.36. The summed E-state index contributed by atoms with van der Waals surface area (Å²) < 4.78 is 13.3. The van der Waals surface area contributed by atoms with Crippen molar-refractivity contribution in [3.05, 3.63) is 58.3 Å². The van der Waals surface area contributed by atoms with Gasteiger partial charge in [0, 0.05) is 11.3 Å². The van der Waals surface area contributed by atoms with Crippen LogP contribution < -0.4 is 11.0 Å². The topological polar surface area (TPSA) is 80.9 Å². The van der Waals surface area contributed by atoms with Gasteiger partial charge in [0.05, 0.1) is 17.1 Å². The van der Waals surface area contributed by atoms with Crippen molar-refractivity contribution in [1.29, 1.82) is 0 Å². The first-order chi connectivity index (χ1) is 10.0. The Labute approximate surface area is 119 Å². The van der Waals surface area contributed by atoms with Gasteiger partial charge in [0.25, 0.3) is 0 Å². The lowest BCUT2D eigenvalue weighted by molar-refractivity contribution is 0.462. The second-order valence-corrected chi connectivity index (χ2v) is 4.91. The molecular weight excluding hydrogens is 273 g/mol. The van der Waals surface area contributed by atoms with E-state index >= 15 is 0 Å². The molecule has 0 aliphatic rings. The highest BCUT2D eigenvalue weighted by atomic mass is 19.1. The molecule has 3 aromatic rings. The number of nitrogens with one attached hydrogen (secondary N) is 3. The smallest absolute Gasteiger partial charge is 0.323 e. The maximum Gasteiger partial charge on any atom is 0.323 e. The Morgan fingerprint density at radius 1 is 1.14 bits per heavy atom. The maximum atomic E-state index is 13.3. The molecule has 0 aliphatic heterocycles. The summed E-state index contributed by atoms with van der Waals surface area (Å²) in [6, 6.07) is 8.90. The van der Waals surface area contributed by atoms with E-state index < -0.39 is 5.82 Å². The molecule has 3 rings (SSSR count). The number of aromatic hydroxyl groups is 1. The van der Waals surface area contributed by atoms with Gasteiger partial charge in [0.15, 0.2) is 0 Å². The molecule has 0 amide bonds. The number of aromatic nitrogens is 2. The number of phenolic OH excluding ortho intramolecular Hbond substituents is 1. The molecule has 5 nitrogen and oxygen atoms in total. The SMILES string of the molecule is CC(Nc1ccc2[nH]c(=O)[nH]c2c1)c1cc(F)ccc1O. The average molecular weight is 287 g/mol. The van der Waals surface area contributed by atoms with E-state index in [1.54, 1.807) is 18.2 Å². The van der Waals surface area contributed by atoms with Gasteiger partial charge < -0.3 is 20.4 Å². The molecule has 0 saturated heterocycles. The predicted molar refractivity (Wildman–Crippen MR) is 79.0 cm³/mol. The minimum Gasteiger partial charge on any atom is -0.508 e. The summed E-state index contributed by atoms with van der Waals surface area (Å²) in [6.45, 7) is 1.82. The van der Waals surface area contributed by atoms with E-state index in [4.69, 9.17) is 0 Å². The van der Waals surface area contributed by atoms with E-state index in [0.29, 0.717) is 16.6 Å². The molecule has 0 bridgehead atoms. The summed E-state index contributed by atoms with van der Waals surface area (Å²) in [4.78, 5) is 16.6. The summed E-state index contributed by atoms with van der Waals surface area (Å²) in [7, 11) is 0. The molecule has 1 heterocycles. The Morgan fingerprint density at radius 3 is 2.71 bits per heavy atom. The zero-order valence-electron chi connectivity index (χ0n) is 11.3. The molecule has 0 spiro atoms. The van der Waals surface area contributed by atoms with Crippen molar-refractivity contribution in [1.82, 2.24) is 9.97 Å². The number of H-pyrrole nitrogens is 2. The van der Waals surface area contributed by atoms with Gasteiger partial charge in [-0.3, -0.25) is 0 Å². The van der Waals surface area contributed by atoms with Crippen molar-refractivity contribution in [3.8, 4) is 5.75 Å². The summed E-state index contributed by atoms with van der Waals surface area (Å²) in [5, 5.41) is 13.0. The minimum atomic E-state index is -0.401. The van der Waals surface area contributed by atoms with Crippen molar-refractivity contribution >= 4 is 16.7 Å². The van der Waals surface area contributed by atoms with E-state index in [2.05, 4.69) is 15.3 Å². The van der Waals surface area contributed by atoms with Crippen LogP contribution in [-0.4, -0.2) is 15.1 Å². The molecule has 0 aliphatic carbocycles. The Balaban J connectivity index is 1.90. The first-order valence-electron chi connectivity index (χ1n) is 6.50. The first-order valence-corrected chi connectivity index (χ1v) is 6.50. The third-order valence-corrected chi connectivity index (χ3v) is 3.36. The van der Waals surface area contributed by atoms with Gasteiger partial charge in [0.1, 0.15) is 11.6 Å². The van der Waals surface area contributed by atoms with E-state index in [1.807, 2.05) is 6.92 Å². The lowest BCUT2D eigenvalue weighted by atomic mass is 10.1. The first kappa shape index (κ1) is 13.2. The number of benzene rings is 2. The molecule has 0 radical (unpaired) electrons. The largest absolute Gasteiger partial charge is 0.508 e.